The first-order valence-corrected chi connectivity index (χ1v) is 18.8. The van der Waals surface area contributed by atoms with Gasteiger partial charge < -0.3 is 14.4 Å². The second-order valence-electron chi connectivity index (χ2n) is 16.2. The number of hydrogen-bond acceptors (Lipinski definition) is 3. The van der Waals surface area contributed by atoms with Gasteiger partial charge in [-0.05, 0) is 113 Å². The van der Waals surface area contributed by atoms with Gasteiger partial charge in [-0.2, -0.15) is 0 Å². The molecule has 1 radical (unpaired) electrons. The molecule has 0 amide bonds. The van der Waals surface area contributed by atoms with Crippen LogP contribution in [0.1, 0.15) is 107 Å². The van der Waals surface area contributed by atoms with Crippen molar-refractivity contribution in [2.45, 2.75) is 88.5 Å². The number of fused-ring (bicyclic) bond motifs is 3. The molecule has 8 aromatic rings. The molecular weight excluding hydrogens is 897 g/mol. The van der Waals surface area contributed by atoms with Gasteiger partial charge in [0.2, 0.25) is 0 Å². The van der Waals surface area contributed by atoms with E-state index in [2.05, 4.69) is 22.1 Å². The van der Waals surface area contributed by atoms with Gasteiger partial charge in [-0.25, -0.2) is 0 Å². The van der Waals surface area contributed by atoms with Gasteiger partial charge in [-0.3, -0.25) is 0 Å². The molecule has 59 heavy (non-hydrogen) atoms. The number of furan rings is 1. The smallest absolute Gasteiger partial charge is 0.123 e. The van der Waals surface area contributed by atoms with Crippen molar-refractivity contribution in [3.63, 3.8) is 0 Å². The van der Waals surface area contributed by atoms with Gasteiger partial charge in [0, 0.05) is 63.9 Å². The zero-order valence-electron chi connectivity index (χ0n) is 52.6. The molecule has 0 aliphatic carbocycles. The summed E-state index contributed by atoms with van der Waals surface area (Å²) in [4.78, 5) is 8.82. The molecule has 8 rings (SSSR count). The topological polar surface area (TPSA) is 38.9 Å². The number of nitrogens with zero attached hydrogens (tertiary/aromatic N) is 2. The molecule has 5 aromatic carbocycles. The van der Waals surface area contributed by atoms with Crippen LogP contribution in [0.5, 0.6) is 0 Å². The molecule has 0 spiro atoms. The van der Waals surface area contributed by atoms with E-state index in [0.717, 1.165) is 17.8 Å². The number of rotatable bonds is 6. The summed E-state index contributed by atoms with van der Waals surface area (Å²) in [5, 5.41) is 0.614. The predicted molar refractivity (Wildman–Crippen MR) is 245 cm³/mol. The van der Waals surface area contributed by atoms with Crippen LogP contribution in [0.4, 0.5) is 0 Å². The first-order valence-electron chi connectivity index (χ1n) is 28.3. The summed E-state index contributed by atoms with van der Waals surface area (Å²) in [6.45, 7) is -2.41. The van der Waals surface area contributed by atoms with Gasteiger partial charge in [-0.15, -0.1) is 47.5 Å². The second-order valence-corrected chi connectivity index (χ2v) is 16.2. The largest absolute Gasteiger partial charge is 0.500 e. The molecule has 0 atom stereocenters. The minimum absolute atomic E-state index is 0. The number of hydrogen-bond donors (Lipinski definition) is 0. The molecule has 0 aliphatic rings. The van der Waals surface area contributed by atoms with Crippen LogP contribution in [-0.2, 0) is 32.9 Å². The molecule has 0 unspecified atom stereocenters. The molecule has 3 heterocycles. The zero-order valence-corrected chi connectivity index (χ0v) is 36.0. The van der Waals surface area contributed by atoms with E-state index in [1.165, 1.54) is 42.5 Å². The third-order valence-electron chi connectivity index (χ3n) is 9.12. The SMILES string of the molecule is [2H]C([2H])([2H])c1c[c-]c(-c2ccc(C([2H])([2H])C(C)(C)C)cn2)cc1-c1ccccc1.[2H]C([2H])([2H])c1cc(C([2H])([2H])[2H])c2oc3c(-c4cc(-c5ccc(C([2H])([2H])C(C)(C)C)cc5C([2H])([2H])[2H])c(C([2H])([2H])[2H])cn4)[c-]ccc3c2c1.[Ir]. The summed E-state index contributed by atoms with van der Waals surface area (Å²) in [6.07, 6.45) is -0.795. The normalized spacial score (nSPS) is 18.0. The standard InChI is InChI=1S/C32H32NO.C23H24N.Ir/c1-19-13-21(3)30-28(14-19)25-9-8-10-26(31(25)34-30)29-16-27(22(4)18-33-29)24-12-11-23(15-20(24)2)17-32(5,6)7;1-17-10-12-20(14-21(17)19-8-6-5-7-9-19)22-13-11-18(16-24-22)15-23(2,3)4;/h8-9,11-16,18H,17H2,1-7H3;5-11,13-14,16H,15H2,1-4H3;/q2*-1;/i1D3,2D3,3D3,4D3,17D2;1D3,15D2;. The maximum absolute atomic E-state index is 8.71. The third kappa shape index (κ3) is 10.2. The van der Waals surface area contributed by atoms with E-state index in [0.29, 0.717) is 27.8 Å². The Morgan fingerprint density at radius 3 is 2.02 bits per heavy atom. The van der Waals surface area contributed by atoms with Crippen molar-refractivity contribution in [1.82, 2.24) is 9.97 Å². The molecule has 3 nitrogen and oxygen atoms in total. The molecular formula is C55H56IrN2O-2. The van der Waals surface area contributed by atoms with E-state index in [1.54, 1.807) is 51.2 Å². The average Bonchev–Trinajstić information content (AvgIpc) is 3.70. The van der Waals surface area contributed by atoms with Crippen LogP contribution >= 0.6 is 0 Å². The van der Waals surface area contributed by atoms with E-state index in [9.17, 15) is 0 Å². The van der Waals surface area contributed by atoms with Crippen LogP contribution in [0, 0.1) is 57.2 Å². The van der Waals surface area contributed by atoms with Gasteiger partial charge in [0.05, 0.1) is 5.58 Å². The molecule has 4 heteroatoms. The monoisotopic (exact) mass is 973 g/mol. The van der Waals surface area contributed by atoms with Crippen molar-refractivity contribution < 1.29 is 50.6 Å². The Hall–Kier alpha value is -5.15. The molecule has 0 saturated heterocycles. The Labute approximate surface area is 392 Å². The molecule has 3 aromatic heterocycles. The summed E-state index contributed by atoms with van der Waals surface area (Å²) in [5.74, 6) is 0. The fraction of sp³-hybridized carbons (Fsp3) is 0.273. The minimum Gasteiger partial charge on any atom is -0.500 e. The summed E-state index contributed by atoms with van der Waals surface area (Å²) < 4.78 is 161. The second kappa shape index (κ2) is 17.6. The average molecular weight is 972 g/mol. The van der Waals surface area contributed by atoms with E-state index in [1.807, 2.05) is 51.1 Å². The van der Waals surface area contributed by atoms with Crippen LogP contribution in [0.3, 0.4) is 0 Å². The number of pyridine rings is 2. The maximum atomic E-state index is 8.71. The van der Waals surface area contributed by atoms with Gasteiger partial charge >= 0.3 is 0 Å². The summed E-state index contributed by atoms with van der Waals surface area (Å²) >= 11 is 0. The van der Waals surface area contributed by atoms with Crippen molar-refractivity contribution in [2.24, 2.45) is 10.8 Å². The first kappa shape index (κ1) is 24.8. The molecule has 303 valence electrons. The van der Waals surface area contributed by atoms with Gasteiger partial charge in [0.1, 0.15) is 5.58 Å². The van der Waals surface area contributed by atoms with E-state index in [4.69, 9.17) is 30.5 Å². The Kier molecular flexibility index (Phi) is 7.40. The Morgan fingerprint density at radius 1 is 0.593 bits per heavy atom. The van der Waals surface area contributed by atoms with E-state index >= 15 is 0 Å². The van der Waals surface area contributed by atoms with Crippen molar-refractivity contribution in [3.05, 3.63) is 167 Å². The Balaban J connectivity index is 0.000000281. The zero-order chi connectivity index (χ0) is 57.4. The molecule has 0 fully saturated rings. The quantitative estimate of drug-likeness (QED) is 0.156. The van der Waals surface area contributed by atoms with Crippen LogP contribution in [0.15, 0.2) is 120 Å². The van der Waals surface area contributed by atoms with E-state index in [-0.39, 0.29) is 92.4 Å². The van der Waals surface area contributed by atoms with Crippen molar-refractivity contribution >= 4 is 21.9 Å². The summed E-state index contributed by atoms with van der Waals surface area (Å²) in [7, 11) is 0. The predicted octanol–water partition coefficient (Wildman–Crippen LogP) is 15.0. The van der Waals surface area contributed by atoms with Crippen molar-refractivity contribution in [2.75, 3.05) is 0 Å². The summed E-state index contributed by atoms with van der Waals surface area (Å²) in [5.41, 5.74) is 1.62. The van der Waals surface area contributed by atoms with Crippen LogP contribution < -0.4 is 0 Å². The van der Waals surface area contributed by atoms with Crippen LogP contribution in [0.25, 0.3) is 66.7 Å². The minimum atomic E-state index is -2.76. The number of benzene rings is 5. The van der Waals surface area contributed by atoms with Gasteiger partial charge in [0.15, 0.2) is 0 Å². The van der Waals surface area contributed by atoms with Crippen LogP contribution in [-0.4, -0.2) is 9.97 Å². The number of aryl methyl sites for hydroxylation is 5. The van der Waals surface area contributed by atoms with Gasteiger partial charge in [0.25, 0.3) is 0 Å². The number of aromatic nitrogens is 2. The molecule has 0 aliphatic heterocycles. The maximum Gasteiger partial charge on any atom is 0.123 e. The molecule has 0 bridgehead atoms. The van der Waals surface area contributed by atoms with Crippen molar-refractivity contribution in [3.8, 4) is 44.8 Å². The van der Waals surface area contributed by atoms with E-state index < -0.39 is 57.8 Å². The third-order valence-corrected chi connectivity index (χ3v) is 9.12. The summed E-state index contributed by atoms with van der Waals surface area (Å²) in [6, 6.07) is 33.3. The molecule has 0 N–H and O–H groups in total. The first-order chi connectivity index (χ1) is 35.1. The molecule has 0 saturated carbocycles. The fourth-order valence-electron chi connectivity index (χ4n) is 6.69. The van der Waals surface area contributed by atoms with Gasteiger partial charge in [-0.1, -0.05) is 143 Å². The van der Waals surface area contributed by atoms with Crippen LogP contribution in [0.2, 0.25) is 0 Å². The Morgan fingerprint density at radius 2 is 1.32 bits per heavy atom. The fourth-order valence-corrected chi connectivity index (χ4v) is 6.69. The Bertz CT molecular complexity index is 3470. The van der Waals surface area contributed by atoms with Crippen molar-refractivity contribution in [1.29, 1.82) is 0 Å².